The summed E-state index contributed by atoms with van der Waals surface area (Å²) in [6.45, 7) is 2.28. The highest BCUT2D eigenvalue weighted by molar-refractivity contribution is 6.33. The molecule has 0 unspecified atom stereocenters. The van der Waals surface area contributed by atoms with Gasteiger partial charge in [0.25, 0.3) is 5.91 Å². The number of carbonyl (C=O) groups excluding carboxylic acids is 1. The molecular weight excluding hydrogens is 350 g/mol. The molecule has 1 heterocycles. The highest BCUT2D eigenvalue weighted by atomic mass is 35.5. The Kier molecular flexibility index (Phi) is 4.47. The molecule has 5 nitrogen and oxygen atoms in total. The van der Waals surface area contributed by atoms with E-state index in [1.807, 2.05) is 54.3 Å². The number of nitrogens with zero attached hydrogens (tertiary/aromatic N) is 3. The maximum absolute atomic E-state index is 12.9. The lowest BCUT2D eigenvalue weighted by Crippen LogP contribution is -2.32. The minimum atomic E-state index is -0.00584. The predicted octanol–water partition coefficient (Wildman–Crippen LogP) is 4.50. The van der Waals surface area contributed by atoms with Crippen LogP contribution in [0.25, 0.3) is 11.5 Å². The first-order valence-corrected chi connectivity index (χ1v) is 8.94. The van der Waals surface area contributed by atoms with E-state index in [0.29, 0.717) is 34.5 Å². The fourth-order valence-electron chi connectivity index (χ4n) is 2.90. The Hall–Kier alpha value is -2.66. The Balaban J connectivity index is 1.57. The van der Waals surface area contributed by atoms with Crippen molar-refractivity contribution in [2.75, 3.05) is 0 Å². The number of benzene rings is 2. The number of halogens is 1. The van der Waals surface area contributed by atoms with Crippen molar-refractivity contribution in [2.45, 2.75) is 32.4 Å². The monoisotopic (exact) mass is 367 g/mol. The largest absolute Gasteiger partial charge is 0.419 e. The highest BCUT2D eigenvalue weighted by Gasteiger charge is 2.34. The van der Waals surface area contributed by atoms with Crippen LogP contribution in [0.1, 0.15) is 34.7 Å². The third kappa shape index (κ3) is 3.48. The van der Waals surface area contributed by atoms with Crippen LogP contribution < -0.4 is 0 Å². The van der Waals surface area contributed by atoms with Gasteiger partial charge in [0.2, 0.25) is 11.8 Å². The molecule has 0 radical (unpaired) electrons. The van der Waals surface area contributed by atoms with Crippen LogP contribution in [0.4, 0.5) is 0 Å². The van der Waals surface area contributed by atoms with E-state index in [1.54, 1.807) is 6.07 Å². The lowest BCUT2D eigenvalue weighted by molar-refractivity contribution is 0.0714. The van der Waals surface area contributed by atoms with E-state index in [9.17, 15) is 4.79 Å². The van der Waals surface area contributed by atoms with Crippen LogP contribution in [-0.2, 0) is 6.54 Å². The van der Waals surface area contributed by atoms with Crippen LogP contribution >= 0.6 is 11.6 Å². The maximum Gasteiger partial charge on any atom is 0.254 e. The first-order valence-electron chi connectivity index (χ1n) is 8.57. The molecule has 0 saturated heterocycles. The third-order valence-electron chi connectivity index (χ3n) is 4.39. The Morgan fingerprint density at radius 3 is 2.73 bits per heavy atom. The summed E-state index contributed by atoms with van der Waals surface area (Å²) in [6.07, 6.45) is 2.01. The van der Waals surface area contributed by atoms with E-state index in [-0.39, 0.29) is 11.9 Å². The Bertz CT molecular complexity index is 949. The fraction of sp³-hybridized carbons (Fsp3) is 0.250. The maximum atomic E-state index is 12.9. The van der Waals surface area contributed by atoms with Gasteiger partial charge >= 0.3 is 0 Å². The summed E-state index contributed by atoms with van der Waals surface area (Å²) in [5.41, 5.74) is 2.43. The van der Waals surface area contributed by atoms with Crippen molar-refractivity contribution in [3.8, 4) is 11.5 Å². The molecule has 4 rings (SSSR count). The Labute approximate surface area is 156 Å². The second-order valence-electron chi connectivity index (χ2n) is 6.51. The second-order valence-corrected chi connectivity index (χ2v) is 6.92. The number of aryl methyl sites for hydroxylation is 1. The van der Waals surface area contributed by atoms with E-state index >= 15 is 0 Å². The van der Waals surface area contributed by atoms with Crippen LogP contribution in [-0.4, -0.2) is 27.0 Å². The SMILES string of the molecule is Cc1cccc(C(=O)N(Cc2nnc(-c3ccccc3Cl)o2)C2CC2)c1. The first kappa shape index (κ1) is 16.8. The number of rotatable bonds is 5. The van der Waals surface area contributed by atoms with Gasteiger partial charge in [-0.15, -0.1) is 10.2 Å². The zero-order chi connectivity index (χ0) is 18.1. The zero-order valence-corrected chi connectivity index (χ0v) is 15.1. The van der Waals surface area contributed by atoms with Crippen molar-refractivity contribution in [3.63, 3.8) is 0 Å². The Morgan fingerprint density at radius 1 is 1.19 bits per heavy atom. The van der Waals surface area contributed by atoms with Gasteiger partial charge in [0.05, 0.1) is 17.1 Å². The van der Waals surface area contributed by atoms with Crippen LogP contribution in [0.5, 0.6) is 0 Å². The lowest BCUT2D eigenvalue weighted by Gasteiger charge is -2.20. The number of aromatic nitrogens is 2. The molecule has 0 spiro atoms. The lowest BCUT2D eigenvalue weighted by atomic mass is 10.1. The molecule has 0 N–H and O–H groups in total. The number of hydrogen-bond acceptors (Lipinski definition) is 4. The standard InChI is InChI=1S/C20H18ClN3O2/c1-13-5-4-6-14(11-13)20(25)24(15-9-10-15)12-18-22-23-19(26-18)16-7-2-3-8-17(16)21/h2-8,11,15H,9-10,12H2,1H3. The predicted molar refractivity (Wildman–Crippen MR) is 98.8 cm³/mol. The van der Waals surface area contributed by atoms with Crippen LogP contribution in [0.3, 0.4) is 0 Å². The van der Waals surface area contributed by atoms with Gasteiger partial charge in [-0.3, -0.25) is 4.79 Å². The molecule has 0 aliphatic heterocycles. The minimum Gasteiger partial charge on any atom is -0.419 e. The quantitative estimate of drug-likeness (QED) is 0.666. The van der Waals surface area contributed by atoms with Crippen LogP contribution in [0.15, 0.2) is 52.9 Å². The van der Waals surface area contributed by atoms with Gasteiger partial charge < -0.3 is 9.32 Å². The number of carbonyl (C=O) groups is 1. The summed E-state index contributed by atoms with van der Waals surface area (Å²) in [6, 6.07) is 15.2. The molecule has 132 valence electrons. The number of amides is 1. The van der Waals surface area contributed by atoms with Gasteiger partial charge in [0, 0.05) is 11.6 Å². The van der Waals surface area contributed by atoms with Crippen LogP contribution in [0.2, 0.25) is 5.02 Å². The van der Waals surface area contributed by atoms with Gasteiger partial charge in [0.15, 0.2) is 0 Å². The van der Waals surface area contributed by atoms with E-state index in [1.165, 1.54) is 0 Å². The molecule has 6 heteroatoms. The van der Waals surface area contributed by atoms with Gasteiger partial charge in [-0.1, -0.05) is 41.4 Å². The average Bonchev–Trinajstić information content (AvgIpc) is 3.38. The zero-order valence-electron chi connectivity index (χ0n) is 14.4. The molecule has 1 aliphatic carbocycles. The summed E-state index contributed by atoms with van der Waals surface area (Å²) in [5.74, 6) is 0.769. The molecular formula is C20H18ClN3O2. The Morgan fingerprint density at radius 2 is 2.00 bits per heavy atom. The van der Waals surface area contributed by atoms with Crippen molar-refractivity contribution in [1.82, 2.24) is 15.1 Å². The molecule has 1 amide bonds. The van der Waals surface area contributed by atoms with Crippen molar-refractivity contribution >= 4 is 17.5 Å². The second kappa shape index (κ2) is 6.92. The van der Waals surface area contributed by atoms with E-state index < -0.39 is 0 Å². The van der Waals surface area contributed by atoms with Crippen LogP contribution in [0, 0.1) is 6.92 Å². The summed E-state index contributed by atoms with van der Waals surface area (Å²) in [7, 11) is 0. The van der Waals surface area contributed by atoms with Gasteiger partial charge in [-0.25, -0.2) is 0 Å². The van der Waals surface area contributed by atoms with Crippen molar-refractivity contribution in [2.24, 2.45) is 0 Å². The first-order chi connectivity index (χ1) is 12.6. The smallest absolute Gasteiger partial charge is 0.254 e. The molecule has 1 aliphatic rings. The summed E-state index contributed by atoms with van der Waals surface area (Å²) < 4.78 is 5.77. The molecule has 1 aromatic heterocycles. The van der Waals surface area contributed by atoms with Crippen molar-refractivity contribution < 1.29 is 9.21 Å². The molecule has 2 aromatic carbocycles. The number of hydrogen-bond donors (Lipinski definition) is 0. The highest BCUT2D eigenvalue weighted by Crippen LogP contribution is 2.31. The van der Waals surface area contributed by atoms with E-state index in [4.69, 9.17) is 16.0 Å². The fourth-order valence-corrected chi connectivity index (χ4v) is 3.12. The third-order valence-corrected chi connectivity index (χ3v) is 4.72. The molecule has 0 bridgehead atoms. The topological polar surface area (TPSA) is 59.2 Å². The summed E-state index contributed by atoms with van der Waals surface area (Å²) >= 11 is 6.19. The molecule has 26 heavy (non-hydrogen) atoms. The molecule has 0 atom stereocenters. The molecule has 3 aromatic rings. The minimum absolute atomic E-state index is 0.00584. The molecule has 1 fully saturated rings. The van der Waals surface area contributed by atoms with E-state index in [2.05, 4.69) is 10.2 Å². The summed E-state index contributed by atoms with van der Waals surface area (Å²) in [5, 5.41) is 8.75. The summed E-state index contributed by atoms with van der Waals surface area (Å²) in [4.78, 5) is 14.7. The van der Waals surface area contributed by atoms with Crippen molar-refractivity contribution in [3.05, 3.63) is 70.6 Å². The average molecular weight is 368 g/mol. The van der Waals surface area contributed by atoms with Crippen molar-refractivity contribution in [1.29, 1.82) is 0 Å². The van der Waals surface area contributed by atoms with Gasteiger partial charge in [-0.05, 0) is 44.0 Å². The van der Waals surface area contributed by atoms with E-state index in [0.717, 1.165) is 18.4 Å². The normalized spacial score (nSPS) is 13.6. The van der Waals surface area contributed by atoms with Gasteiger partial charge in [0.1, 0.15) is 0 Å². The van der Waals surface area contributed by atoms with Gasteiger partial charge in [-0.2, -0.15) is 0 Å². The molecule has 1 saturated carbocycles.